The van der Waals surface area contributed by atoms with Crippen molar-refractivity contribution >= 4 is 23.2 Å². The van der Waals surface area contributed by atoms with Gasteiger partial charge in [0, 0.05) is 18.4 Å². The molecule has 4 nitrogen and oxygen atoms in total. The van der Waals surface area contributed by atoms with Gasteiger partial charge < -0.3 is 5.11 Å². The summed E-state index contributed by atoms with van der Waals surface area (Å²) in [6, 6.07) is 14.1. The van der Waals surface area contributed by atoms with Crippen molar-refractivity contribution in [3.8, 4) is 5.75 Å². The fraction of sp³-hybridized carbons (Fsp3) is 0.176. The van der Waals surface area contributed by atoms with Crippen LogP contribution in [0.5, 0.6) is 5.75 Å². The lowest BCUT2D eigenvalue weighted by atomic mass is 9.98. The molecule has 1 aliphatic rings. The summed E-state index contributed by atoms with van der Waals surface area (Å²) in [6.07, 6.45) is 0.591. The second kappa shape index (κ2) is 5.81. The maximum atomic E-state index is 11.9. The van der Waals surface area contributed by atoms with Gasteiger partial charge in [-0.05, 0) is 41.5 Å². The van der Waals surface area contributed by atoms with Gasteiger partial charge in [0.25, 0.3) is 0 Å². The number of halogens is 1. The molecule has 0 saturated carbocycles. The number of carbonyl (C=O) groups is 1. The molecule has 1 atom stereocenters. The van der Waals surface area contributed by atoms with Gasteiger partial charge in [-0.2, -0.15) is 5.10 Å². The molecule has 0 radical (unpaired) electrons. The molecule has 0 bridgehead atoms. The van der Waals surface area contributed by atoms with Crippen molar-refractivity contribution in [2.24, 2.45) is 5.10 Å². The van der Waals surface area contributed by atoms with Gasteiger partial charge in [-0.15, -0.1) is 0 Å². The van der Waals surface area contributed by atoms with E-state index in [1.54, 1.807) is 24.3 Å². The third-order valence-electron chi connectivity index (χ3n) is 3.70. The van der Waals surface area contributed by atoms with Crippen LogP contribution in [0.4, 0.5) is 0 Å². The van der Waals surface area contributed by atoms with Crippen LogP contribution in [-0.2, 0) is 4.79 Å². The Bertz CT molecular complexity index is 741. The molecular weight excluding hydrogens is 300 g/mol. The molecule has 3 rings (SSSR count). The second-order valence-electron chi connectivity index (χ2n) is 5.20. The van der Waals surface area contributed by atoms with E-state index in [1.807, 2.05) is 24.3 Å². The molecule has 1 heterocycles. The Kier molecular flexibility index (Phi) is 3.86. The number of hydrogen-bond acceptors (Lipinski definition) is 3. The van der Waals surface area contributed by atoms with Crippen molar-refractivity contribution in [1.82, 2.24) is 5.01 Å². The van der Waals surface area contributed by atoms with Crippen LogP contribution >= 0.6 is 11.6 Å². The third-order valence-corrected chi connectivity index (χ3v) is 4.04. The summed E-state index contributed by atoms with van der Waals surface area (Å²) in [6.45, 7) is 1.49. The molecule has 0 saturated heterocycles. The van der Waals surface area contributed by atoms with Crippen molar-refractivity contribution in [2.75, 3.05) is 0 Å². The highest BCUT2D eigenvalue weighted by Gasteiger charge is 2.32. The van der Waals surface area contributed by atoms with Crippen LogP contribution in [0, 0.1) is 0 Å². The molecule has 1 aliphatic heterocycles. The van der Waals surface area contributed by atoms with E-state index in [4.69, 9.17) is 11.6 Å². The minimum atomic E-state index is -0.199. The maximum Gasteiger partial charge on any atom is 0.240 e. The van der Waals surface area contributed by atoms with Gasteiger partial charge in [-0.1, -0.05) is 29.8 Å². The highest BCUT2D eigenvalue weighted by Crippen LogP contribution is 2.36. The molecule has 22 heavy (non-hydrogen) atoms. The average Bonchev–Trinajstić information content (AvgIpc) is 2.93. The maximum absolute atomic E-state index is 11.9. The minimum absolute atomic E-state index is 0.126. The smallest absolute Gasteiger partial charge is 0.240 e. The van der Waals surface area contributed by atoms with Gasteiger partial charge in [0.05, 0.1) is 11.8 Å². The Balaban J connectivity index is 1.96. The fourth-order valence-corrected chi connectivity index (χ4v) is 2.88. The second-order valence-corrected chi connectivity index (χ2v) is 5.61. The number of aromatic hydroxyl groups is 1. The van der Waals surface area contributed by atoms with Crippen molar-refractivity contribution < 1.29 is 9.90 Å². The van der Waals surface area contributed by atoms with Gasteiger partial charge in [0.2, 0.25) is 5.91 Å². The normalized spacial score (nSPS) is 17.5. The van der Waals surface area contributed by atoms with E-state index in [2.05, 4.69) is 5.10 Å². The van der Waals surface area contributed by atoms with Crippen LogP contribution in [0.1, 0.15) is 30.5 Å². The van der Waals surface area contributed by atoms with Crippen LogP contribution in [0.15, 0.2) is 53.6 Å². The Morgan fingerprint density at radius 1 is 1.23 bits per heavy atom. The Hall–Kier alpha value is -2.33. The molecule has 0 aromatic heterocycles. The summed E-state index contributed by atoms with van der Waals surface area (Å²) in [5.74, 6) is 0.0760. The highest BCUT2D eigenvalue weighted by atomic mass is 35.5. The predicted molar refractivity (Wildman–Crippen MR) is 86.0 cm³/mol. The summed E-state index contributed by atoms with van der Waals surface area (Å²) in [7, 11) is 0. The quantitative estimate of drug-likeness (QED) is 0.918. The number of carbonyl (C=O) groups excluding carboxylic acids is 1. The number of hydrazone groups is 1. The number of phenols is 1. The lowest BCUT2D eigenvalue weighted by Gasteiger charge is -2.21. The first kappa shape index (κ1) is 14.6. The molecule has 0 unspecified atom stereocenters. The number of amides is 1. The fourth-order valence-electron chi connectivity index (χ4n) is 2.62. The Morgan fingerprint density at radius 3 is 2.55 bits per heavy atom. The van der Waals surface area contributed by atoms with Crippen LogP contribution in [-0.4, -0.2) is 21.7 Å². The molecule has 0 spiro atoms. The number of hydrogen-bond donors (Lipinski definition) is 1. The van der Waals surface area contributed by atoms with Gasteiger partial charge >= 0.3 is 0 Å². The minimum Gasteiger partial charge on any atom is -0.508 e. The molecule has 0 fully saturated rings. The molecule has 1 N–H and O–H groups in total. The first-order chi connectivity index (χ1) is 10.6. The summed E-state index contributed by atoms with van der Waals surface area (Å²) in [5, 5.41) is 15.9. The lowest BCUT2D eigenvalue weighted by molar-refractivity contribution is -0.130. The molecule has 2 aromatic rings. The van der Waals surface area contributed by atoms with Gasteiger partial charge in [-0.25, -0.2) is 5.01 Å². The van der Waals surface area contributed by atoms with Crippen LogP contribution in [0.2, 0.25) is 5.02 Å². The monoisotopic (exact) mass is 314 g/mol. The van der Waals surface area contributed by atoms with Crippen LogP contribution in [0.3, 0.4) is 0 Å². The topological polar surface area (TPSA) is 52.9 Å². The lowest BCUT2D eigenvalue weighted by Crippen LogP contribution is -2.24. The Labute approximate surface area is 133 Å². The van der Waals surface area contributed by atoms with Crippen molar-refractivity contribution in [1.29, 1.82) is 0 Å². The van der Waals surface area contributed by atoms with E-state index in [0.717, 1.165) is 16.8 Å². The highest BCUT2D eigenvalue weighted by molar-refractivity contribution is 6.31. The molecule has 112 valence electrons. The summed E-state index contributed by atoms with van der Waals surface area (Å²) >= 11 is 6.27. The van der Waals surface area contributed by atoms with Gasteiger partial charge in [0.15, 0.2) is 0 Å². The summed E-state index contributed by atoms with van der Waals surface area (Å²) in [4.78, 5) is 11.9. The van der Waals surface area contributed by atoms with Crippen molar-refractivity contribution in [2.45, 2.75) is 19.4 Å². The van der Waals surface area contributed by atoms with E-state index in [1.165, 1.54) is 11.9 Å². The van der Waals surface area contributed by atoms with Crippen LogP contribution < -0.4 is 0 Å². The molecular formula is C17H15ClN2O2. The first-order valence-corrected chi connectivity index (χ1v) is 7.35. The zero-order chi connectivity index (χ0) is 15.7. The number of benzene rings is 2. The standard InChI is InChI=1S/C17H15ClN2O2/c1-11(21)20-17(14-4-2-3-5-15(14)18)10-16(19-20)12-6-8-13(22)9-7-12/h2-9,17,22H,10H2,1H3/t17-/m0/s1. The average molecular weight is 315 g/mol. The molecule has 5 heteroatoms. The van der Waals surface area contributed by atoms with Crippen molar-refractivity contribution in [3.63, 3.8) is 0 Å². The third kappa shape index (κ3) is 2.70. The molecule has 1 amide bonds. The van der Waals surface area contributed by atoms with E-state index in [0.29, 0.717) is 11.4 Å². The number of nitrogens with zero attached hydrogens (tertiary/aromatic N) is 2. The SMILES string of the molecule is CC(=O)N1N=C(c2ccc(O)cc2)C[C@H]1c1ccccc1Cl. The van der Waals surface area contributed by atoms with Gasteiger partial charge in [-0.3, -0.25) is 4.79 Å². The number of phenolic OH excluding ortho intramolecular Hbond substituents is 1. The van der Waals surface area contributed by atoms with E-state index < -0.39 is 0 Å². The summed E-state index contributed by atoms with van der Waals surface area (Å²) in [5.41, 5.74) is 2.58. The van der Waals surface area contributed by atoms with E-state index >= 15 is 0 Å². The van der Waals surface area contributed by atoms with E-state index in [-0.39, 0.29) is 17.7 Å². The molecule has 2 aromatic carbocycles. The molecule has 0 aliphatic carbocycles. The Morgan fingerprint density at radius 2 is 1.91 bits per heavy atom. The van der Waals surface area contributed by atoms with Gasteiger partial charge in [0.1, 0.15) is 5.75 Å². The first-order valence-electron chi connectivity index (χ1n) is 6.97. The van der Waals surface area contributed by atoms with E-state index in [9.17, 15) is 9.90 Å². The van der Waals surface area contributed by atoms with Crippen molar-refractivity contribution in [3.05, 3.63) is 64.7 Å². The zero-order valence-corrected chi connectivity index (χ0v) is 12.8. The zero-order valence-electron chi connectivity index (χ0n) is 12.0. The predicted octanol–water partition coefficient (Wildman–Crippen LogP) is 3.74. The summed E-state index contributed by atoms with van der Waals surface area (Å²) < 4.78 is 0. The largest absolute Gasteiger partial charge is 0.508 e. The number of rotatable bonds is 2. The van der Waals surface area contributed by atoms with Crippen LogP contribution in [0.25, 0.3) is 0 Å².